The van der Waals surface area contributed by atoms with Crippen LogP contribution in [0, 0.1) is 0 Å². The minimum absolute atomic E-state index is 0.388. The maximum Gasteiger partial charge on any atom is 0.295 e. The fourth-order valence-electron chi connectivity index (χ4n) is 1.94. The van der Waals surface area contributed by atoms with Crippen LogP contribution in [0.25, 0.3) is 11.1 Å². The smallest absolute Gasteiger partial charge is 0.295 e. The van der Waals surface area contributed by atoms with Crippen molar-refractivity contribution in [1.29, 1.82) is 0 Å². The van der Waals surface area contributed by atoms with E-state index in [0.29, 0.717) is 29.3 Å². The van der Waals surface area contributed by atoms with Gasteiger partial charge >= 0.3 is 0 Å². The van der Waals surface area contributed by atoms with Gasteiger partial charge in [0.2, 0.25) is 0 Å². The number of nitrogens with one attached hydrogen (secondary N) is 1. The van der Waals surface area contributed by atoms with Gasteiger partial charge in [-0.05, 0) is 25.5 Å². The number of nitrogens with two attached hydrogens (primary N) is 1. The van der Waals surface area contributed by atoms with Crippen molar-refractivity contribution in [1.82, 2.24) is 4.98 Å². The highest BCUT2D eigenvalue weighted by molar-refractivity contribution is 5.86. The number of anilines is 2. The van der Waals surface area contributed by atoms with E-state index >= 15 is 0 Å². The summed E-state index contributed by atoms with van der Waals surface area (Å²) in [6.07, 6.45) is 1.65. The van der Waals surface area contributed by atoms with Gasteiger partial charge in [0.05, 0.1) is 11.3 Å². The van der Waals surface area contributed by atoms with Gasteiger partial charge < -0.3 is 20.6 Å². The number of hydrogen-bond donors (Lipinski definition) is 3. The van der Waals surface area contributed by atoms with Crippen molar-refractivity contribution < 1.29 is 9.52 Å². The average Bonchev–Trinajstić information content (AvgIpc) is 2.71. The van der Waals surface area contributed by atoms with E-state index in [1.807, 2.05) is 19.1 Å². The number of rotatable bonds is 5. The zero-order chi connectivity index (χ0) is 13.2. The summed E-state index contributed by atoms with van der Waals surface area (Å²) in [6, 6.07) is 5.80. The van der Waals surface area contributed by atoms with Gasteiger partial charge in [0, 0.05) is 6.54 Å². The van der Waals surface area contributed by atoms with E-state index < -0.39 is 5.60 Å². The van der Waals surface area contributed by atoms with E-state index in [9.17, 15) is 5.11 Å². The SMILES string of the molecule is CCCC(C)(O)CNc1nc2c(N)cccc2o1. The number of nitrogens with zero attached hydrogens (tertiary/aromatic N) is 1. The Kier molecular flexibility index (Phi) is 3.43. The normalized spacial score (nSPS) is 14.6. The number of benzene rings is 1. The molecule has 2 aromatic rings. The Labute approximate surface area is 106 Å². The lowest BCUT2D eigenvalue weighted by Gasteiger charge is -2.22. The standard InChI is InChI=1S/C13H19N3O2/c1-3-7-13(2,17)8-15-12-16-11-9(14)5-4-6-10(11)18-12/h4-6,17H,3,7-8,14H2,1-2H3,(H,15,16). The van der Waals surface area contributed by atoms with Crippen molar-refractivity contribution in [3.05, 3.63) is 18.2 Å². The highest BCUT2D eigenvalue weighted by Crippen LogP contribution is 2.24. The molecule has 0 aliphatic carbocycles. The van der Waals surface area contributed by atoms with Gasteiger partial charge in [-0.25, -0.2) is 0 Å². The third-order valence-electron chi connectivity index (χ3n) is 2.86. The molecular formula is C13H19N3O2. The van der Waals surface area contributed by atoms with Crippen molar-refractivity contribution in [2.24, 2.45) is 0 Å². The molecule has 1 atom stereocenters. The summed E-state index contributed by atoms with van der Waals surface area (Å²) in [5.74, 6) is 0. The van der Waals surface area contributed by atoms with Crippen LogP contribution in [0.15, 0.2) is 22.6 Å². The zero-order valence-electron chi connectivity index (χ0n) is 10.7. The first kappa shape index (κ1) is 12.7. The van der Waals surface area contributed by atoms with Gasteiger partial charge in [-0.15, -0.1) is 0 Å². The van der Waals surface area contributed by atoms with Gasteiger partial charge in [-0.2, -0.15) is 4.98 Å². The minimum atomic E-state index is -0.763. The van der Waals surface area contributed by atoms with Crippen molar-refractivity contribution in [3.8, 4) is 0 Å². The van der Waals surface area contributed by atoms with Crippen LogP contribution in [-0.4, -0.2) is 22.2 Å². The molecule has 4 N–H and O–H groups in total. The van der Waals surface area contributed by atoms with Gasteiger partial charge in [-0.1, -0.05) is 19.4 Å². The first-order valence-electron chi connectivity index (χ1n) is 6.13. The molecule has 0 spiro atoms. The number of fused-ring (bicyclic) bond motifs is 1. The summed E-state index contributed by atoms with van der Waals surface area (Å²) in [4.78, 5) is 4.26. The van der Waals surface area contributed by atoms with Crippen molar-refractivity contribution in [3.63, 3.8) is 0 Å². The average molecular weight is 249 g/mol. The van der Waals surface area contributed by atoms with Gasteiger partial charge in [0.1, 0.15) is 5.52 Å². The lowest BCUT2D eigenvalue weighted by atomic mass is 10.0. The van der Waals surface area contributed by atoms with Crippen LogP contribution >= 0.6 is 0 Å². The van der Waals surface area contributed by atoms with Crippen LogP contribution in [0.2, 0.25) is 0 Å². The molecule has 1 aromatic heterocycles. The Bertz CT molecular complexity index is 534. The molecule has 0 aliphatic rings. The minimum Gasteiger partial charge on any atom is -0.423 e. The molecule has 0 radical (unpaired) electrons. The van der Waals surface area contributed by atoms with E-state index in [1.54, 1.807) is 13.0 Å². The molecule has 1 unspecified atom stereocenters. The van der Waals surface area contributed by atoms with Crippen molar-refractivity contribution >= 4 is 22.8 Å². The molecule has 2 rings (SSSR count). The van der Waals surface area contributed by atoms with Gasteiger partial charge in [-0.3, -0.25) is 0 Å². The molecule has 98 valence electrons. The summed E-state index contributed by atoms with van der Waals surface area (Å²) in [5, 5.41) is 13.1. The van der Waals surface area contributed by atoms with Crippen molar-refractivity contribution in [2.75, 3.05) is 17.6 Å². The second kappa shape index (κ2) is 4.86. The van der Waals surface area contributed by atoms with Crippen LogP contribution in [0.3, 0.4) is 0 Å². The monoisotopic (exact) mass is 249 g/mol. The molecule has 0 fully saturated rings. The summed E-state index contributed by atoms with van der Waals surface area (Å²) < 4.78 is 5.51. The number of aliphatic hydroxyl groups is 1. The summed E-state index contributed by atoms with van der Waals surface area (Å²) >= 11 is 0. The number of aromatic nitrogens is 1. The molecule has 0 saturated heterocycles. The molecule has 5 nitrogen and oxygen atoms in total. The Morgan fingerprint density at radius 1 is 1.50 bits per heavy atom. The summed E-state index contributed by atoms with van der Waals surface area (Å²) in [6.45, 7) is 4.22. The Hall–Kier alpha value is -1.75. The van der Waals surface area contributed by atoms with Crippen molar-refractivity contribution in [2.45, 2.75) is 32.3 Å². The van der Waals surface area contributed by atoms with E-state index in [-0.39, 0.29) is 0 Å². The Balaban J connectivity index is 2.11. The molecule has 1 heterocycles. The van der Waals surface area contributed by atoms with Crippen LogP contribution in [-0.2, 0) is 0 Å². The number of oxazole rings is 1. The maximum atomic E-state index is 10.0. The molecule has 0 bridgehead atoms. The predicted molar refractivity (Wildman–Crippen MR) is 72.4 cm³/mol. The summed E-state index contributed by atoms with van der Waals surface area (Å²) in [7, 11) is 0. The zero-order valence-corrected chi connectivity index (χ0v) is 10.7. The number of para-hydroxylation sites is 1. The maximum absolute atomic E-state index is 10.0. The first-order valence-corrected chi connectivity index (χ1v) is 6.13. The van der Waals surface area contributed by atoms with Crippen LogP contribution < -0.4 is 11.1 Å². The third kappa shape index (κ3) is 2.73. The van der Waals surface area contributed by atoms with Gasteiger partial charge in [0.15, 0.2) is 5.58 Å². The van der Waals surface area contributed by atoms with E-state index in [2.05, 4.69) is 10.3 Å². The van der Waals surface area contributed by atoms with Crippen LogP contribution in [0.5, 0.6) is 0 Å². The molecular weight excluding hydrogens is 230 g/mol. The quantitative estimate of drug-likeness (QED) is 0.708. The first-order chi connectivity index (χ1) is 8.52. The highest BCUT2D eigenvalue weighted by atomic mass is 16.4. The lowest BCUT2D eigenvalue weighted by molar-refractivity contribution is 0.0631. The molecule has 0 saturated carbocycles. The van der Waals surface area contributed by atoms with Crippen LogP contribution in [0.4, 0.5) is 11.7 Å². The molecule has 18 heavy (non-hydrogen) atoms. The molecule has 0 aliphatic heterocycles. The fourth-order valence-corrected chi connectivity index (χ4v) is 1.94. The highest BCUT2D eigenvalue weighted by Gasteiger charge is 2.19. The van der Waals surface area contributed by atoms with Gasteiger partial charge in [0.25, 0.3) is 6.01 Å². The largest absolute Gasteiger partial charge is 0.423 e. The number of hydrogen-bond acceptors (Lipinski definition) is 5. The van der Waals surface area contributed by atoms with Crippen LogP contribution in [0.1, 0.15) is 26.7 Å². The fraction of sp³-hybridized carbons (Fsp3) is 0.462. The lowest BCUT2D eigenvalue weighted by Crippen LogP contribution is -2.33. The molecule has 1 aromatic carbocycles. The van der Waals surface area contributed by atoms with E-state index in [0.717, 1.165) is 12.8 Å². The van der Waals surface area contributed by atoms with E-state index in [1.165, 1.54) is 0 Å². The molecule has 5 heteroatoms. The topological polar surface area (TPSA) is 84.3 Å². The number of nitrogen functional groups attached to an aromatic ring is 1. The second-order valence-corrected chi connectivity index (χ2v) is 4.81. The Morgan fingerprint density at radius 2 is 2.28 bits per heavy atom. The third-order valence-corrected chi connectivity index (χ3v) is 2.86. The predicted octanol–water partition coefficient (Wildman–Crippen LogP) is 2.37. The second-order valence-electron chi connectivity index (χ2n) is 4.81. The summed E-state index contributed by atoms with van der Waals surface area (Å²) in [5.41, 5.74) is 6.92. The Morgan fingerprint density at radius 3 is 2.94 bits per heavy atom. The van der Waals surface area contributed by atoms with E-state index in [4.69, 9.17) is 10.2 Å². The molecule has 0 amide bonds.